The molecule has 1 aliphatic heterocycles. The monoisotopic (exact) mass is 186 g/mol. The van der Waals surface area contributed by atoms with Crippen molar-refractivity contribution in [2.45, 2.75) is 57.0 Å². The number of aliphatic hydroxyl groups excluding tert-OH is 1. The van der Waals surface area contributed by atoms with Crippen LogP contribution in [0, 0.1) is 0 Å². The first-order valence-corrected chi connectivity index (χ1v) is 5.06. The summed E-state index contributed by atoms with van der Waals surface area (Å²) in [6.07, 6.45) is 3.67. The van der Waals surface area contributed by atoms with Crippen LogP contribution in [0.5, 0.6) is 0 Å². The highest BCUT2D eigenvalue weighted by Gasteiger charge is 2.50. The largest absolute Gasteiger partial charge is 0.390 e. The van der Waals surface area contributed by atoms with Crippen LogP contribution in [0.1, 0.15) is 39.5 Å². The summed E-state index contributed by atoms with van der Waals surface area (Å²) in [4.78, 5) is 0. The first-order valence-electron chi connectivity index (χ1n) is 5.06. The average molecular weight is 186 g/mol. The van der Waals surface area contributed by atoms with Gasteiger partial charge in [-0.1, -0.05) is 12.8 Å². The molecular weight excluding hydrogens is 168 g/mol. The second kappa shape index (κ2) is 2.94. The molecule has 3 heteroatoms. The molecule has 2 rings (SSSR count). The average Bonchev–Trinajstić information content (AvgIpc) is 2.35. The lowest BCUT2D eigenvalue weighted by Crippen LogP contribution is -2.48. The van der Waals surface area contributed by atoms with E-state index in [1.807, 2.05) is 13.8 Å². The van der Waals surface area contributed by atoms with Crippen LogP contribution in [0.3, 0.4) is 0 Å². The summed E-state index contributed by atoms with van der Waals surface area (Å²) in [6, 6.07) is 0. The van der Waals surface area contributed by atoms with Crippen molar-refractivity contribution in [1.82, 2.24) is 0 Å². The van der Waals surface area contributed by atoms with E-state index >= 15 is 0 Å². The molecule has 76 valence electrons. The van der Waals surface area contributed by atoms with Crippen molar-refractivity contribution >= 4 is 0 Å². The zero-order chi connectivity index (χ0) is 9.53. The summed E-state index contributed by atoms with van der Waals surface area (Å²) in [5.74, 6) is -0.516. The minimum Gasteiger partial charge on any atom is -0.390 e. The molecule has 0 aromatic carbocycles. The van der Waals surface area contributed by atoms with Gasteiger partial charge < -0.3 is 14.6 Å². The number of hydrogen-bond donors (Lipinski definition) is 1. The third-order valence-corrected chi connectivity index (χ3v) is 3.05. The maximum Gasteiger partial charge on any atom is 0.163 e. The summed E-state index contributed by atoms with van der Waals surface area (Å²) in [7, 11) is 0. The van der Waals surface area contributed by atoms with E-state index in [9.17, 15) is 5.11 Å². The molecule has 1 N–H and O–H groups in total. The molecule has 0 aromatic rings. The summed E-state index contributed by atoms with van der Waals surface area (Å²) in [5.41, 5.74) is -0.401. The van der Waals surface area contributed by atoms with Crippen LogP contribution in [0.2, 0.25) is 0 Å². The second-order valence-electron chi connectivity index (χ2n) is 4.62. The van der Waals surface area contributed by atoms with Crippen molar-refractivity contribution in [3.05, 3.63) is 0 Å². The lowest BCUT2D eigenvalue weighted by molar-refractivity contribution is -0.192. The van der Waals surface area contributed by atoms with E-state index in [0.29, 0.717) is 6.61 Å². The van der Waals surface area contributed by atoms with Crippen LogP contribution in [0.4, 0.5) is 0 Å². The Bertz CT molecular complexity index is 202. The molecule has 1 heterocycles. The lowest BCUT2D eigenvalue weighted by atomic mass is 9.83. The second-order valence-corrected chi connectivity index (χ2v) is 4.62. The molecule has 1 aliphatic carbocycles. The highest BCUT2D eigenvalue weighted by atomic mass is 16.8. The lowest BCUT2D eigenvalue weighted by Gasteiger charge is -2.37. The first-order chi connectivity index (χ1) is 6.04. The fourth-order valence-electron chi connectivity index (χ4n) is 2.32. The van der Waals surface area contributed by atoms with Crippen molar-refractivity contribution in [1.29, 1.82) is 0 Å². The fraction of sp³-hybridized carbons (Fsp3) is 1.00. The van der Waals surface area contributed by atoms with Gasteiger partial charge in [0.1, 0.15) is 5.60 Å². The van der Waals surface area contributed by atoms with Gasteiger partial charge >= 0.3 is 0 Å². The van der Waals surface area contributed by atoms with Crippen LogP contribution in [-0.4, -0.2) is 29.2 Å². The molecule has 13 heavy (non-hydrogen) atoms. The molecule has 1 saturated carbocycles. The van der Waals surface area contributed by atoms with E-state index in [0.717, 1.165) is 25.7 Å². The van der Waals surface area contributed by atoms with Gasteiger partial charge in [-0.2, -0.15) is 0 Å². The van der Waals surface area contributed by atoms with E-state index < -0.39 is 11.4 Å². The zero-order valence-corrected chi connectivity index (χ0v) is 8.38. The van der Waals surface area contributed by atoms with Gasteiger partial charge in [0.05, 0.1) is 12.7 Å². The van der Waals surface area contributed by atoms with Gasteiger partial charge in [-0.15, -0.1) is 0 Å². The molecule has 2 atom stereocenters. The summed E-state index contributed by atoms with van der Waals surface area (Å²) < 4.78 is 11.3. The van der Waals surface area contributed by atoms with Gasteiger partial charge in [-0.25, -0.2) is 0 Å². The molecule has 3 nitrogen and oxygen atoms in total. The predicted octanol–water partition coefficient (Wildman–Crippen LogP) is 1.44. The topological polar surface area (TPSA) is 38.7 Å². The van der Waals surface area contributed by atoms with Gasteiger partial charge in [0.15, 0.2) is 5.79 Å². The normalized spacial score (nSPS) is 44.1. The number of aliphatic hydroxyl groups is 1. The molecular formula is C10H18O3. The zero-order valence-electron chi connectivity index (χ0n) is 8.38. The molecule has 2 fully saturated rings. The molecule has 0 bridgehead atoms. The molecule has 0 radical (unpaired) electrons. The van der Waals surface area contributed by atoms with Gasteiger partial charge in [-0.05, 0) is 26.7 Å². The quantitative estimate of drug-likeness (QED) is 0.622. The van der Waals surface area contributed by atoms with Gasteiger partial charge in [0.2, 0.25) is 0 Å². The Morgan fingerprint density at radius 3 is 2.62 bits per heavy atom. The molecule has 2 aliphatic rings. The van der Waals surface area contributed by atoms with E-state index in [-0.39, 0.29) is 6.10 Å². The van der Waals surface area contributed by atoms with E-state index in [1.54, 1.807) is 0 Å². The van der Waals surface area contributed by atoms with Crippen molar-refractivity contribution in [2.24, 2.45) is 0 Å². The number of hydrogen-bond acceptors (Lipinski definition) is 3. The fourth-order valence-corrected chi connectivity index (χ4v) is 2.32. The van der Waals surface area contributed by atoms with Gasteiger partial charge in [-0.3, -0.25) is 0 Å². The summed E-state index contributed by atoms with van der Waals surface area (Å²) in [6.45, 7) is 4.35. The molecule has 0 amide bonds. The Hall–Kier alpha value is -0.120. The van der Waals surface area contributed by atoms with Crippen LogP contribution < -0.4 is 0 Å². The standard InChI is InChI=1S/C10H18O3/c1-9(2)12-7-10(13-9)6-4-3-5-8(10)11/h8,11H,3-7H2,1-2H3/t8?,10-/m0/s1. The predicted molar refractivity (Wildman–Crippen MR) is 48.3 cm³/mol. The van der Waals surface area contributed by atoms with Gasteiger partial charge in [0, 0.05) is 0 Å². The third-order valence-electron chi connectivity index (χ3n) is 3.05. The highest BCUT2D eigenvalue weighted by molar-refractivity contribution is 4.96. The van der Waals surface area contributed by atoms with Gasteiger partial charge in [0.25, 0.3) is 0 Å². The highest BCUT2D eigenvalue weighted by Crippen LogP contribution is 2.41. The number of rotatable bonds is 0. The van der Waals surface area contributed by atoms with Crippen molar-refractivity contribution < 1.29 is 14.6 Å². The Morgan fingerprint density at radius 1 is 1.31 bits per heavy atom. The minimum atomic E-state index is -0.516. The van der Waals surface area contributed by atoms with E-state index in [2.05, 4.69) is 0 Å². The third kappa shape index (κ3) is 1.60. The summed E-state index contributed by atoms with van der Waals surface area (Å²) in [5, 5.41) is 9.89. The van der Waals surface area contributed by atoms with Crippen molar-refractivity contribution in [3.8, 4) is 0 Å². The van der Waals surface area contributed by atoms with Crippen molar-refractivity contribution in [2.75, 3.05) is 6.61 Å². The summed E-state index contributed by atoms with van der Waals surface area (Å²) >= 11 is 0. The Morgan fingerprint density at radius 2 is 2.08 bits per heavy atom. The molecule has 1 spiro atoms. The van der Waals surface area contributed by atoms with Crippen molar-refractivity contribution in [3.63, 3.8) is 0 Å². The van der Waals surface area contributed by atoms with Crippen LogP contribution >= 0.6 is 0 Å². The molecule has 1 saturated heterocycles. The maximum atomic E-state index is 9.89. The minimum absolute atomic E-state index is 0.344. The maximum absolute atomic E-state index is 9.89. The molecule has 1 unspecified atom stereocenters. The van der Waals surface area contributed by atoms with E-state index in [1.165, 1.54) is 0 Å². The smallest absolute Gasteiger partial charge is 0.163 e. The first kappa shape index (κ1) is 9.44. The Kier molecular flexibility index (Phi) is 2.13. The van der Waals surface area contributed by atoms with Crippen LogP contribution in [0.25, 0.3) is 0 Å². The molecule has 0 aromatic heterocycles. The van der Waals surface area contributed by atoms with Crippen LogP contribution in [0.15, 0.2) is 0 Å². The Balaban J connectivity index is 2.12. The van der Waals surface area contributed by atoms with E-state index in [4.69, 9.17) is 9.47 Å². The SMILES string of the molecule is CC1(C)OC[C@]2(CCCCC2O)O1. The van der Waals surface area contributed by atoms with Crippen LogP contribution in [-0.2, 0) is 9.47 Å². The number of ether oxygens (including phenoxy) is 2. The Labute approximate surface area is 79.0 Å².